The van der Waals surface area contributed by atoms with Gasteiger partial charge >= 0.3 is 0 Å². The van der Waals surface area contributed by atoms with Gasteiger partial charge in [-0.2, -0.15) is 4.39 Å². The maximum absolute atomic E-state index is 12.0. The predicted octanol–water partition coefficient (Wildman–Crippen LogP) is 5.28. The summed E-state index contributed by atoms with van der Waals surface area (Å²) in [5.41, 5.74) is 3.28. The second-order valence-corrected chi connectivity index (χ2v) is 3.64. The molecule has 0 radical (unpaired) electrons. The zero-order valence-corrected chi connectivity index (χ0v) is 13.7. The Balaban J connectivity index is 0. The number of rotatable bonds is 0. The molecule has 2 rings (SSSR count). The summed E-state index contributed by atoms with van der Waals surface area (Å²) >= 11 is 0. The molecular formula is C17H27FN2. The first-order valence-corrected chi connectivity index (χ1v) is 7.05. The molecule has 2 aromatic rings. The van der Waals surface area contributed by atoms with E-state index in [9.17, 15) is 4.39 Å². The molecule has 0 N–H and O–H groups in total. The van der Waals surface area contributed by atoms with Gasteiger partial charge in [-0.15, -0.1) is 0 Å². The molecule has 0 saturated carbocycles. The van der Waals surface area contributed by atoms with Crippen molar-refractivity contribution in [2.75, 3.05) is 0 Å². The molecule has 0 bridgehead atoms. The lowest BCUT2D eigenvalue weighted by atomic mass is 10.3. The quantitative estimate of drug-likeness (QED) is 0.613. The van der Waals surface area contributed by atoms with Crippen LogP contribution in [0.3, 0.4) is 0 Å². The molecule has 0 aliphatic carbocycles. The van der Waals surface area contributed by atoms with Crippen LogP contribution in [0.4, 0.5) is 4.39 Å². The van der Waals surface area contributed by atoms with E-state index in [2.05, 4.69) is 16.0 Å². The number of hydrogen-bond acceptors (Lipinski definition) is 2. The van der Waals surface area contributed by atoms with Crippen LogP contribution in [0.2, 0.25) is 0 Å². The molecule has 2 nitrogen and oxygen atoms in total. The second kappa shape index (κ2) is 13.7. The van der Waals surface area contributed by atoms with Crippen molar-refractivity contribution >= 4 is 0 Å². The summed E-state index contributed by atoms with van der Waals surface area (Å²) in [5.74, 6) is -0.421. The molecule has 0 amide bonds. The average Bonchev–Trinajstić information content (AvgIpc) is 2.50. The zero-order valence-electron chi connectivity index (χ0n) is 13.7. The third kappa shape index (κ3) is 11.3. The Morgan fingerprint density at radius 1 is 0.700 bits per heavy atom. The highest BCUT2D eigenvalue weighted by atomic mass is 19.1. The normalized spacial score (nSPS) is 8.00. The first-order chi connectivity index (χ1) is 9.58. The summed E-state index contributed by atoms with van der Waals surface area (Å²) in [7, 11) is 0. The first-order valence-electron chi connectivity index (χ1n) is 7.05. The van der Waals surface area contributed by atoms with Crippen molar-refractivity contribution in [2.45, 2.75) is 48.5 Å². The fourth-order valence-corrected chi connectivity index (χ4v) is 0.992. The number of hydrogen-bond donors (Lipinski definition) is 0. The van der Waals surface area contributed by atoms with Crippen molar-refractivity contribution in [2.24, 2.45) is 0 Å². The summed E-state index contributed by atoms with van der Waals surface area (Å²) in [6.07, 6.45) is 3.37. The topological polar surface area (TPSA) is 25.8 Å². The Hall–Kier alpha value is -1.77. The minimum atomic E-state index is -0.421. The van der Waals surface area contributed by atoms with Crippen LogP contribution in [-0.4, -0.2) is 9.97 Å². The molecule has 112 valence electrons. The lowest BCUT2D eigenvalue weighted by Gasteiger charge is -1.89. The van der Waals surface area contributed by atoms with Crippen LogP contribution < -0.4 is 0 Å². The first kappa shape index (κ1) is 20.5. The summed E-state index contributed by atoms with van der Waals surface area (Å²) in [6.45, 7) is 13.9. The largest absolute Gasteiger partial charge is 0.261 e. The van der Waals surface area contributed by atoms with E-state index in [4.69, 9.17) is 0 Å². The molecular weight excluding hydrogens is 251 g/mol. The van der Waals surface area contributed by atoms with Gasteiger partial charge in [0.15, 0.2) is 0 Å². The Morgan fingerprint density at radius 2 is 1.15 bits per heavy atom. The number of pyridine rings is 2. The molecule has 0 atom stereocenters. The maximum atomic E-state index is 12.0. The van der Waals surface area contributed by atoms with Crippen molar-refractivity contribution in [1.29, 1.82) is 0 Å². The van der Waals surface area contributed by atoms with Gasteiger partial charge in [-0.05, 0) is 44.0 Å². The van der Waals surface area contributed by atoms with E-state index in [0.717, 1.165) is 11.3 Å². The van der Waals surface area contributed by atoms with Crippen molar-refractivity contribution in [3.05, 3.63) is 59.4 Å². The van der Waals surface area contributed by atoms with Crippen LogP contribution in [0.25, 0.3) is 0 Å². The van der Waals surface area contributed by atoms with E-state index < -0.39 is 5.95 Å². The van der Waals surface area contributed by atoms with Crippen LogP contribution in [0.15, 0.2) is 36.7 Å². The molecule has 2 heterocycles. The second-order valence-electron chi connectivity index (χ2n) is 3.64. The van der Waals surface area contributed by atoms with E-state index in [-0.39, 0.29) is 0 Å². The molecule has 20 heavy (non-hydrogen) atoms. The van der Waals surface area contributed by atoms with Gasteiger partial charge in [-0.25, -0.2) is 4.98 Å². The number of aryl methyl sites for hydroxylation is 3. The van der Waals surface area contributed by atoms with Crippen molar-refractivity contribution in [1.82, 2.24) is 9.97 Å². The molecule has 0 aromatic carbocycles. The van der Waals surface area contributed by atoms with E-state index in [1.54, 1.807) is 6.07 Å². The van der Waals surface area contributed by atoms with Gasteiger partial charge in [0, 0.05) is 18.1 Å². The summed E-state index contributed by atoms with van der Waals surface area (Å²) in [4.78, 5) is 7.49. The minimum absolute atomic E-state index is 0.421. The number of halogens is 1. The molecule has 0 fully saturated rings. The van der Waals surface area contributed by atoms with Crippen molar-refractivity contribution in [3.8, 4) is 0 Å². The molecule has 0 unspecified atom stereocenters. The van der Waals surface area contributed by atoms with E-state index >= 15 is 0 Å². The van der Waals surface area contributed by atoms with Crippen LogP contribution in [0.5, 0.6) is 0 Å². The Morgan fingerprint density at radius 3 is 1.40 bits per heavy atom. The van der Waals surface area contributed by atoms with E-state index in [1.807, 2.05) is 60.7 Å². The van der Waals surface area contributed by atoms with Crippen LogP contribution in [0, 0.1) is 26.7 Å². The molecule has 0 aliphatic rings. The molecule has 3 heteroatoms. The highest BCUT2D eigenvalue weighted by Gasteiger charge is 1.85. The van der Waals surface area contributed by atoms with E-state index in [1.165, 1.54) is 17.8 Å². The van der Waals surface area contributed by atoms with Gasteiger partial charge in [-0.1, -0.05) is 39.8 Å². The van der Waals surface area contributed by atoms with Gasteiger partial charge in [-0.3, -0.25) is 4.98 Å². The highest BCUT2D eigenvalue weighted by molar-refractivity contribution is 5.10. The van der Waals surface area contributed by atoms with Crippen molar-refractivity contribution in [3.63, 3.8) is 0 Å². The van der Waals surface area contributed by atoms with Gasteiger partial charge in [0.05, 0.1) is 0 Å². The smallest absolute Gasteiger partial charge is 0.212 e. The fourth-order valence-electron chi connectivity index (χ4n) is 0.992. The zero-order chi connectivity index (χ0) is 16.0. The maximum Gasteiger partial charge on any atom is 0.212 e. The van der Waals surface area contributed by atoms with Gasteiger partial charge in [0.1, 0.15) is 0 Å². The predicted molar refractivity (Wildman–Crippen MR) is 85.3 cm³/mol. The van der Waals surface area contributed by atoms with Crippen LogP contribution in [0.1, 0.15) is 44.5 Å². The van der Waals surface area contributed by atoms with Crippen LogP contribution in [-0.2, 0) is 0 Å². The number of nitrogens with zero attached hydrogens (tertiary/aromatic N) is 2. The standard InChI is InChI=1S/C7H9N.C6H6FN.2C2H6/c1-6-3-4-7(2)8-5-6;1-5-2-3-6(7)8-4-5;2*1-2/h3-5H,1-2H3;2-4H,1H3;2*1-2H3. The lowest BCUT2D eigenvalue weighted by molar-refractivity contribution is 0.583. The molecule has 2 aromatic heterocycles. The number of aromatic nitrogens is 2. The average molecular weight is 278 g/mol. The fraction of sp³-hybridized carbons (Fsp3) is 0.412. The Kier molecular flexibility index (Phi) is 14.0. The van der Waals surface area contributed by atoms with Gasteiger partial charge in [0.25, 0.3) is 0 Å². The molecule has 0 spiro atoms. The van der Waals surface area contributed by atoms with Gasteiger partial charge in [0.2, 0.25) is 5.95 Å². The van der Waals surface area contributed by atoms with E-state index in [0.29, 0.717) is 0 Å². The molecule has 0 aliphatic heterocycles. The van der Waals surface area contributed by atoms with Crippen molar-refractivity contribution < 1.29 is 4.39 Å². The highest BCUT2D eigenvalue weighted by Crippen LogP contribution is 1.95. The summed E-state index contributed by atoms with van der Waals surface area (Å²) < 4.78 is 12.0. The summed E-state index contributed by atoms with van der Waals surface area (Å²) in [5, 5.41) is 0. The monoisotopic (exact) mass is 278 g/mol. The SMILES string of the molecule is CC.CC.Cc1ccc(C)nc1.Cc1ccc(F)nc1. The third-order valence-corrected chi connectivity index (χ3v) is 1.93. The molecule has 0 saturated heterocycles. The van der Waals surface area contributed by atoms with Crippen LogP contribution >= 0.6 is 0 Å². The summed E-state index contributed by atoms with van der Waals surface area (Å²) in [6, 6.07) is 7.09. The Bertz CT molecular complexity index is 336. The third-order valence-electron chi connectivity index (χ3n) is 1.93. The Labute approximate surface area is 123 Å². The lowest BCUT2D eigenvalue weighted by Crippen LogP contribution is -1.79. The van der Waals surface area contributed by atoms with Gasteiger partial charge < -0.3 is 0 Å². The minimum Gasteiger partial charge on any atom is -0.261 e.